The van der Waals surface area contributed by atoms with Gasteiger partial charge in [-0.15, -0.1) is 0 Å². The zero-order valence-electron chi connectivity index (χ0n) is 12.7. The van der Waals surface area contributed by atoms with Gasteiger partial charge in [0.05, 0.1) is 5.69 Å². The number of aryl methyl sites for hydroxylation is 2. The van der Waals surface area contributed by atoms with E-state index < -0.39 is 0 Å². The van der Waals surface area contributed by atoms with E-state index in [2.05, 4.69) is 12.0 Å². The van der Waals surface area contributed by atoms with E-state index in [1.54, 1.807) is 22.9 Å². The molecule has 0 aliphatic heterocycles. The van der Waals surface area contributed by atoms with E-state index in [-0.39, 0.29) is 11.5 Å². The lowest BCUT2D eigenvalue weighted by Gasteiger charge is -2.00. The first kappa shape index (κ1) is 16.3. The number of nitrogens with zero attached hydrogens (tertiary/aromatic N) is 2. The highest BCUT2D eigenvalue weighted by atomic mass is 35.5. The Bertz CT molecular complexity index is 687. The molecule has 0 spiro atoms. The Morgan fingerprint density at radius 3 is 2.68 bits per heavy atom. The minimum atomic E-state index is -0.142. The van der Waals surface area contributed by atoms with Crippen LogP contribution < -0.4 is 0 Å². The summed E-state index contributed by atoms with van der Waals surface area (Å²) < 4.78 is 1.77. The second-order valence-electron chi connectivity index (χ2n) is 5.11. The summed E-state index contributed by atoms with van der Waals surface area (Å²) in [4.78, 5) is 12.1. The van der Waals surface area contributed by atoms with Gasteiger partial charge in [0, 0.05) is 17.7 Å². The van der Waals surface area contributed by atoms with Gasteiger partial charge in [-0.05, 0) is 49.8 Å². The standard InChI is InChI=1S/C17H19ClN2O2/c1-3-4-11-20-17(18)15(12(2)19-20)9-10-16(22)13-5-7-14(21)8-6-13/h5-10,21H,3-4,11H2,1-2H3/b10-9+. The quantitative estimate of drug-likeness (QED) is 0.640. The summed E-state index contributed by atoms with van der Waals surface area (Å²) in [5.74, 6) is -0.00612. The number of unbranched alkanes of at least 4 members (excludes halogenated alkanes) is 1. The van der Waals surface area contributed by atoms with Crippen LogP contribution in [0, 0.1) is 6.92 Å². The molecule has 2 rings (SSSR count). The fraction of sp³-hybridized carbons (Fsp3) is 0.294. The van der Waals surface area contributed by atoms with Crippen LogP contribution in [0.25, 0.3) is 6.08 Å². The monoisotopic (exact) mass is 318 g/mol. The Kier molecular flexibility index (Phi) is 5.39. The summed E-state index contributed by atoms with van der Waals surface area (Å²) >= 11 is 6.32. The zero-order chi connectivity index (χ0) is 16.1. The van der Waals surface area contributed by atoms with Crippen LogP contribution in [0.3, 0.4) is 0 Å². The number of benzene rings is 1. The number of aromatic nitrogens is 2. The SMILES string of the molecule is CCCCn1nc(C)c(/C=C/C(=O)c2ccc(O)cc2)c1Cl. The lowest BCUT2D eigenvalue weighted by Crippen LogP contribution is -1.99. The van der Waals surface area contributed by atoms with Crippen molar-refractivity contribution in [3.63, 3.8) is 0 Å². The highest BCUT2D eigenvalue weighted by molar-refractivity contribution is 6.31. The molecule has 0 aliphatic carbocycles. The lowest BCUT2D eigenvalue weighted by atomic mass is 10.1. The number of halogens is 1. The number of phenolic OH excluding ortho intramolecular Hbond substituents is 1. The van der Waals surface area contributed by atoms with Gasteiger partial charge in [0.15, 0.2) is 5.78 Å². The average molecular weight is 319 g/mol. The average Bonchev–Trinajstić information content (AvgIpc) is 2.77. The molecule has 0 saturated heterocycles. The van der Waals surface area contributed by atoms with Crippen LogP contribution in [0.15, 0.2) is 30.3 Å². The van der Waals surface area contributed by atoms with E-state index in [4.69, 9.17) is 11.6 Å². The van der Waals surface area contributed by atoms with Crippen LogP contribution in [-0.4, -0.2) is 20.7 Å². The van der Waals surface area contributed by atoms with E-state index >= 15 is 0 Å². The first-order valence-corrected chi connectivity index (χ1v) is 7.65. The molecule has 1 aromatic carbocycles. The summed E-state index contributed by atoms with van der Waals surface area (Å²) in [5.41, 5.74) is 2.09. The number of rotatable bonds is 6. The molecule has 5 heteroatoms. The maximum atomic E-state index is 12.1. The maximum absolute atomic E-state index is 12.1. The van der Waals surface area contributed by atoms with E-state index in [0.29, 0.717) is 10.7 Å². The summed E-state index contributed by atoms with van der Waals surface area (Å²) in [6, 6.07) is 6.15. The predicted octanol–water partition coefficient (Wildman–Crippen LogP) is 4.25. The van der Waals surface area contributed by atoms with Crippen molar-refractivity contribution in [2.24, 2.45) is 0 Å². The number of aromatic hydroxyl groups is 1. The molecule has 1 aromatic heterocycles. The molecule has 0 unspecified atom stereocenters. The third kappa shape index (κ3) is 3.77. The first-order valence-electron chi connectivity index (χ1n) is 7.27. The van der Waals surface area contributed by atoms with Crippen molar-refractivity contribution in [1.29, 1.82) is 0 Å². The smallest absolute Gasteiger partial charge is 0.185 e. The Morgan fingerprint density at radius 1 is 1.36 bits per heavy atom. The molecule has 0 atom stereocenters. The molecule has 1 heterocycles. The van der Waals surface area contributed by atoms with Crippen molar-refractivity contribution in [1.82, 2.24) is 9.78 Å². The molecule has 0 saturated carbocycles. The van der Waals surface area contributed by atoms with E-state index in [1.165, 1.54) is 18.2 Å². The fourth-order valence-electron chi connectivity index (χ4n) is 2.09. The summed E-state index contributed by atoms with van der Waals surface area (Å²) in [6.45, 7) is 4.76. The predicted molar refractivity (Wildman–Crippen MR) is 88.4 cm³/mol. The molecule has 1 N–H and O–H groups in total. The molecule has 0 bridgehead atoms. The summed E-state index contributed by atoms with van der Waals surface area (Å²) in [5, 5.41) is 14.2. The van der Waals surface area contributed by atoms with Crippen molar-refractivity contribution >= 4 is 23.5 Å². The van der Waals surface area contributed by atoms with Gasteiger partial charge in [0.2, 0.25) is 0 Å². The Morgan fingerprint density at radius 2 is 2.05 bits per heavy atom. The summed E-state index contributed by atoms with van der Waals surface area (Å²) in [6.07, 6.45) is 5.25. The minimum Gasteiger partial charge on any atom is -0.508 e. The molecule has 0 amide bonds. The van der Waals surface area contributed by atoms with Crippen LogP contribution in [0.1, 0.15) is 41.4 Å². The number of phenols is 1. The van der Waals surface area contributed by atoms with Gasteiger partial charge < -0.3 is 5.11 Å². The number of carbonyl (C=O) groups excluding carboxylic acids is 1. The number of hydrogen-bond acceptors (Lipinski definition) is 3. The molecule has 4 nitrogen and oxygen atoms in total. The number of allylic oxidation sites excluding steroid dienone is 1. The second-order valence-corrected chi connectivity index (χ2v) is 5.47. The van der Waals surface area contributed by atoms with Gasteiger partial charge in [-0.25, -0.2) is 0 Å². The van der Waals surface area contributed by atoms with E-state index in [0.717, 1.165) is 30.6 Å². The highest BCUT2D eigenvalue weighted by Crippen LogP contribution is 2.22. The highest BCUT2D eigenvalue weighted by Gasteiger charge is 2.11. The largest absolute Gasteiger partial charge is 0.508 e. The topological polar surface area (TPSA) is 55.1 Å². The van der Waals surface area contributed by atoms with Gasteiger partial charge in [0.1, 0.15) is 10.9 Å². The van der Waals surface area contributed by atoms with Crippen molar-refractivity contribution < 1.29 is 9.90 Å². The Balaban J connectivity index is 2.17. The van der Waals surface area contributed by atoms with Crippen LogP contribution >= 0.6 is 11.6 Å². The number of hydrogen-bond donors (Lipinski definition) is 1. The summed E-state index contributed by atoms with van der Waals surface area (Å²) in [7, 11) is 0. The van der Waals surface area contributed by atoms with Crippen LogP contribution in [0.2, 0.25) is 5.15 Å². The molecule has 0 radical (unpaired) electrons. The van der Waals surface area contributed by atoms with Gasteiger partial charge in [0.25, 0.3) is 0 Å². The van der Waals surface area contributed by atoms with E-state index in [9.17, 15) is 9.90 Å². The molecule has 2 aromatic rings. The minimum absolute atomic E-state index is 0.136. The zero-order valence-corrected chi connectivity index (χ0v) is 13.5. The van der Waals surface area contributed by atoms with Gasteiger partial charge in [-0.1, -0.05) is 24.9 Å². The van der Waals surface area contributed by atoms with Crippen molar-refractivity contribution in [2.75, 3.05) is 0 Å². The van der Waals surface area contributed by atoms with Gasteiger partial charge >= 0.3 is 0 Å². The Hall–Kier alpha value is -2.07. The molecule has 0 aliphatic rings. The van der Waals surface area contributed by atoms with Crippen molar-refractivity contribution in [3.05, 3.63) is 52.3 Å². The third-order valence-corrected chi connectivity index (χ3v) is 3.78. The van der Waals surface area contributed by atoms with E-state index in [1.807, 2.05) is 6.92 Å². The molecule has 22 heavy (non-hydrogen) atoms. The molecular weight excluding hydrogens is 300 g/mol. The normalized spacial score (nSPS) is 11.2. The molecule has 0 fully saturated rings. The van der Waals surface area contributed by atoms with Crippen LogP contribution in [0.5, 0.6) is 5.75 Å². The first-order chi connectivity index (χ1) is 10.5. The lowest BCUT2D eigenvalue weighted by molar-refractivity contribution is 0.104. The molecule has 116 valence electrons. The maximum Gasteiger partial charge on any atom is 0.185 e. The van der Waals surface area contributed by atoms with Gasteiger partial charge in [-0.3, -0.25) is 9.48 Å². The number of carbonyl (C=O) groups is 1. The van der Waals surface area contributed by atoms with Crippen LogP contribution in [0.4, 0.5) is 0 Å². The van der Waals surface area contributed by atoms with Gasteiger partial charge in [-0.2, -0.15) is 5.10 Å². The van der Waals surface area contributed by atoms with Crippen molar-refractivity contribution in [3.8, 4) is 5.75 Å². The molecular formula is C17H19ClN2O2. The van der Waals surface area contributed by atoms with Crippen LogP contribution in [-0.2, 0) is 6.54 Å². The third-order valence-electron chi connectivity index (χ3n) is 3.39. The fourth-order valence-corrected chi connectivity index (χ4v) is 2.42. The number of ketones is 1. The van der Waals surface area contributed by atoms with Crippen molar-refractivity contribution in [2.45, 2.75) is 33.2 Å². The second kappa shape index (κ2) is 7.27. The Labute approximate surface area is 135 Å².